The Morgan fingerprint density at radius 3 is 2.40 bits per heavy atom. The summed E-state index contributed by atoms with van der Waals surface area (Å²) < 4.78 is 0. The Morgan fingerprint density at radius 2 is 2.00 bits per heavy atom. The lowest BCUT2D eigenvalue weighted by molar-refractivity contribution is 0.311. The second-order valence-corrected chi connectivity index (χ2v) is 3.16. The molecule has 1 rings (SSSR count). The van der Waals surface area contributed by atoms with Gasteiger partial charge in [0.05, 0.1) is 0 Å². The van der Waals surface area contributed by atoms with Crippen molar-refractivity contribution in [2.24, 2.45) is 5.73 Å². The summed E-state index contributed by atoms with van der Waals surface area (Å²) in [7, 11) is 4.21. The van der Waals surface area contributed by atoms with Crippen LogP contribution in [-0.2, 0) is 0 Å². The van der Waals surface area contributed by atoms with E-state index in [2.05, 4.69) is 31.1 Å². The van der Waals surface area contributed by atoms with E-state index in [1.807, 2.05) is 0 Å². The number of hydrogen-bond acceptors (Lipinski definition) is 2. The quantitative estimate of drug-likeness (QED) is 0.540. The first-order valence-electron chi connectivity index (χ1n) is 3.80. The van der Waals surface area contributed by atoms with Gasteiger partial charge in [0.2, 0.25) is 0 Å². The molecule has 0 aromatic carbocycles. The predicted octanol–water partition coefficient (Wildman–Crippen LogP) is 0.594. The second kappa shape index (κ2) is 3.17. The molecule has 0 aromatic heterocycles. The van der Waals surface area contributed by atoms with Gasteiger partial charge in [0, 0.05) is 12.1 Å². The minimum Gasteiger partial charge on any atom is -0.324 e. The SMILES string of the molecule is CN(C)[C@H]1C=C[C@@H](N)CC1. The van der Waals surface area contributed by atoms with E-state index in [4.69, 9.17) is 5.73 Å². The third-order valence-electron chi connectivity index (χ3n) is 2.04. The number of rotatable bonds is 1. The Labute approximate surface area is 62.7 Å². The molecular weight excluding hydrogens is 124 g/mol. The van der Waals surface area contributed by atoms with Crippen LogP contribution in [0.5, 0.6) is 0 Å². The summed E-state index contributed by atoms with van der Waals surface area (Å²) in [5.41, 5.74) is 5.69. The lowest BCUT2D eigenvalue weighted by Crippen LogP contribution is -2.32. The molecule has 0 amide bonds. The molecule has 2 nitrogen and oxygen atoms in total. The summed E-state index contributed by atoms with van der Waals surface area (Å²) in [5, 5.41) is 0. The molecule has 0 fully saturated rings. The molecule has 0 saturated carbocycles. The van der Waals surface area contributed by atoms with Crippen molar-refractivity contribution in [2.45, 2.75) is 24.9 Å². The molecular formula is C8H16N2. The molecule has 0 spiro atoms. The largest absolute Gasteiger partial charge is 0.324 e. The number of nitrogens with two attached hydrogens (primary N) is 1. The van der Waals surface area contributed by atoms with Crippen molar-refractivity contribution in [1.29, 1.82) is 0 Å². The first-order chi connectivity index (χ1) is 4.70. The van der Waals surface area contributed by atoms with Gasteiger partial charge in [0.15, 0.2) is 0 Å². The average Bonchev–Trinajstić information content (AvgIpc) is 1.88. The summed E-state index contributed by atoms with van der Waals surface area (Å²) in [6.45, 7) is 0. The van der Waals surface area contributed by atoms with Gasteiger partial charge in [-0.3, -0.25) is 0 Å². The van der Waals surface area contributed by atoms with Crippen LogP contribution in [0.3, 0.4) is 0 Å². The van der Waals surface area contributed by atoms with Gasteiger partial charge >= 0.3 is 0 Å². The van der Waals surface area contributed by atoms with Crippen LogP contribution in [0.4, 0.5) is 0 Å². The molecule has 2 N–H and O–H groups in total. The molecule has 2 atom stereocenters. The minimum absolute atomic E-state index is 0.302. The van der Waals surface area contributed by atoms with Crippen LogP contribution in [-0.4, -0.2) is 31.1 Å². The van der Waals surface area contributed by atoms with Gasteiger partial charge in [-0.05, 0) is 26.9 Å². The molecule has 1 aliphatic carbocycles. The van der Waals surface area contributed by atoms with Crippen LogP contribution in [0.15, 0.2) is 12.2 Å². The molecule has 1 aliphatic rings. The van der Waals surface area contributed by atoms with Gasteiger partial charge in [-0.25, -0.2) is 0 Å². The zero-order valence-corrected chi connectivity index (χ0v) is 6.75. The van der Waals surface area contributed by atoms with E-state index in [1.54, 1.807) is 0 Å². The molecule has 0 radical (unpaired) electrons. The highest BCUT2D eigenvalue weighted by Crippen LogP contribution is 2.12. The highest BCUT2D eigenvalue weighted by Gasteiger charge is 2.13. The Kier molecular flexibility index (Phi) is 2.46. The zero-order valence-electron chi connectivity index (χ0n) is 6.75. The van der Waals surface area contributed by atoms with Crippen molar-refractivity contribution in [2.75, 3.05) is 14.1 Å². The first-order valence-corrected chi connectivity index (χ1v) is 3.80. The second-order valence-electron chi connectivity index (χ2n) is 3.16. The maximum absolute atomic E-state index is 5.69. The van der Waals surface area contributed by atoms with Crippen LogP contribution in [0.1, 0.15) is 12.8 Å². The van der Waals surface area contributed by atoms with Crippen LogP contribution in [0, 0.1) is 0 Å². The van der Waals surface area contributed by atoms with Crippen molar-refractivity contribution >= 4 is 0 Å². The molecule has 0 aliphatic heterocycles. The van der Waals surface area contributed by atoms with Gasteiger partial charge in [-0.1, -0.05) is 12.2 Å². The van der Waals surface area contributed by atoms with Crippen molar-refractivity contribution in [3.63, 3.8) is 0 Å². The van der Waals surface area contributed by atoms with Gasteiger partial charge in [-0.15, -0.1) is 0 Å². The van der Waals surface area contributed by atoms with Crippen molar-refractivity contribution in [3.05, 3.63) is 12.2 Å². The Balaban J connectivity index is 2.45. The van der Waals surface area contributed by atoms with E-state index in [-0.39, 0.29) is 0 Å². The molecule has 0 heterocycles. The summed E-state index contributed by atoms with van der Waals surface area (Å²) in [6, 6.07) is 0.913. The summed E-state index contributed by atoms with van der Waals surface area (Å²) in [6.07, 6.45) is 6.63. The molecule has 58 valence electrons. The highest BCUT2D eigenvalue weighted by atomic mass is 15.1. The fourth-order valence-electron chi connectivity index (χ4n) is 1.26. The maximum atomic E-state index is 5.69. The average molecular weight is 140 g/mol. The van der Waals surface area contributed by atoms with Crippen molar-refractivity contribution in [3.8, 4) is 0 Å². The fraction of sp³-hybridized carbons (Fsp3) is 0.750. The lowest BCUT2D eigenvalue weighted by Gasteiger charge is -2.25. The Bertz CT molecular complexity index is 129. The third-order valence-corrected chi connectivity index (χ3v) is 2.04. The first kappa shape index (κ1) is 7.76. The summed E-state index contributed by atoms with van der Waals surface area (Å²) >= 11 is 0. The Morgan fingerprint density at radius 1 is 1.30 bits per heavy atom. The molecule has 0 bridgehead atoms. The van der Waals surface area contributed by atoms with E-state index in [0.717, 1.165) is 6.42 Å². The monoisotopic (exact) mass is 140 g/mol. The van der Waals surface area contributed by atoms with Gasteiger partial charge in [0.25, 0.3) is 0 Å². The lowest BCUT2D eigenvalue weighted by atomic mass is 9.99. The fourth-order valence-corrected chi connectivity index (χ4v) is 1.26. The van der Waals surface area contributed by atoms with Crippen LogP contribution < -0.4 is 5.73 Å². The molecule has 10 heavy (non-hydrogen) atoms. The maximum Gasteiger partial charge on any atom is 0.0273 e. The highest BCUT2D eigenvalue weighted by molar-refractivity contribution is 5.03. The van der Waals surface area contributed by atoms with Gasteiger partial charge < -0.3 is 10.6 Å². The van der Waals surface area contributed by atoms with E-state index in [9.17, 15) is 0 Å². The molecule has 2 heteroatoms. The number of nitrogens with zero attached hydrogens (tertiary/aromatic N) is 1. The molecule has 0 unspecified atom stereocenters. The van der Waals surface area contributed by atoms with Crippen LogP contribution in [0.25, 0.3) is 0 Å². The minimum atomic E-state index is 0.302. The van der Waals surface area contributed by atoms with E-state index in [1.165, 1.54) is 6.42 Å². The topological polar surface area (TPSA) is 29.3 Å². The predicted molar refractivity (Wildman–Crippen MR) is 43.8 cm³/mol. The Hall–Kier alpha value is -0.340. The standard InChI is InChI=1S/C8H16N2/c1-10(2)8-5-3-7(9)4-6-8/h3,5,7-8H,4,6,9H2,1-2H3/t7-,8+/m1/s1. The number of hydrogen-bond donors (Lipinski definition) is 1. The van der Waals surface area contributed by atoms with Crippen molar-refractivity contribution < 1.29 is 0 Å². The normalized spacial score (nSPS) is 33.2. The van der Waals surface area contributed by atoms with Gasteiger partial charge in [-0.2, -0.15) is 0 Å². The van der Waals surface area contributed by atoms with E-state index < -0.39 is 0 Å². The summed E-state index contributed by atoms with van der Waals surface area (Å²) in [4.78, 5) is 2.22. The number of likely N-dealkylation sites (N-methyl/N-ethyl adjacent to an activating group) is 1. The van der Waals surface area contributed by atoms with Crippen LogP contribution in [0.2, 0.25) is 0 Å². The third kappa shape index (κ3) is 1.82. The smallest absolute Gasteiger partial charge is 0.0273 e. The molecule has 0 aromatic rings. The van der Waals surface area contributed by atoms with Crippen LogP contribution >= 0.6 is 0 Å². The summed E-state index contributed by atoms with van der Waals surface area (Å²) in [5.74, 6) is 0. The molecule has 0 saturated heterocycles. The van der Waals surface area contributed by atoms with E-state index in [0.29, 0.717) is 12.1 Å². The van der Waals surface area contributed by atoms with Gasteiger partial charge in [0.1, 0.15) is 0 Å². The van der Waals surface area contributed by atoms with E-state index >= 15 is 0 Å². The van der Waals surface area contributed by atoms with Crippen molar-refractivity contribution in [1.82, 2.24) is 4.90 Å². The zero-order chi connectivity index (χ0) is 7.56.